The van der Waals surface area contributed by atoms with E-state index < -0.39 is 0 Å². The van der Waals surface area contributed by atoms with Crippen molar-refractivity contribution in [2.45, 2.75) is 39.7 Å². The van der Waals surface area contributed by atoms with Crippen LogP contribution in [0.25, 0.3) is 5.57 Å². The number of rotatable bonds is 6. The van der Waals surface area contributed by atoms with Crippen molar-refractivity contribution >= 4 is 28.8 Å². The van der Waals surface area contributed by atoms with E-state index >= 15 is 0 Å². The summed E-state index contributed by atoms with van der Waals surface area (Å²) in [6.45, 7) is 7.71. The van der Waals surface area contributed by atoms with E-state index in [2.05, 4.69) is 11.8 Å². The van der Waals surface area contributed by atoms with Crippen LogP contribution in [-0.2, 0) is 9.59 Å². The number of amides is 2. The maximum atomic E-state index is 13.7. The van der Waals surface area contributed by atoms with E-state index in [0.717, 1.165) is 42.9 Å². The van der Waals surface area contributed by atoms with E-state index in [0.29, 0.717) is 22.9 Å². The lowest BCUT2D eigenvalue weighted by molar-refractivity contribution is -0.120. The van der Waals surface area contributed by atoms with Crippen LogP contribution in [0.15, 0.2) is 54.2 Å². The summed E-state index contributed by atoms with van der Waals surface area (Å²) < 4.78 is 5.77. The van der Waals surface area contributed by atoms with Crippen LogP contribution in [0.1, 0.15) is 39.2 Å². The summed E-state index contributed by atoms with van der Waals surface area (Å²) in [7, 11) is 3.92. The molecule has 2 aromatic carbocycles. The topological polar surface area (TPSA) is 53.1 Å². The first-order valence-electron chi connectivity index (χ1n) is 11.7. The summed E-state index contributed by atoms with van der Waals surface area (Å²) in [5.74, 6) is 0.702. The average Bonchev–Trinajstić information content (AvgIpc) is 3.04. The minimum atomic E-state index is -0.275. The molecule has 2 heterocycles. The fraction of sp³-hybridized carbons (Fsp3) is 0.407. The van der Waals surface area contributed by atoms with Gasteiger partial charge in [0.05, 0.1) is 17.4 Å². The maximum Gasteiger partial charge on any atom is 0.282 e. The second-order valence-corrected chi connectivity index (χ2v) is 9.46. The molecule has 2 aliphatic heterocycles. The molecule has 2 amide bonds. The zero-order valence-corrected chi connectivity index (χ0v) is 20.2. The zero-order valence-electron chi connectivity index (χ0n) is 20.2. The minimum Gasteiger partial charge on any atom is -0.491 e. The molecule has 33 heavy (non-hydrogen) atoms. The van der Waals surface area contributed by atoms with Gasteiger partial charge in [-0.1, -0.05) is 19.1 Å². The highest BCUT2D eigenvalue weighted by atomic mass is 16.5. The average molecular weight is 448 g/mol. The fourth-order valence-electron chi connectivity index (χ4n) is 4.57. The number of ether oxygens (including phenoxy) is 1. The number of carbonyl (C=O) groups is 2. The van der Waals surface area contributed by atoms with E-state index in [9.17, 15) is 9.59 Å². The monoisotopic (exact) mass is 447 g/mol. The largest absolute Gasteiger partial charge is 0.491 e. The highest BCUT2D eigenvalue weighted by Crippen LogP contribution is 2.37. The highest BCUT2D eigenvalue weighted by Gasteiger charge is 2.43. The molecule has 1 unspecified atom stereocenters. The number of imide groups is 1. The summed E-state index contributed by atoms with van der Waals surface area (Å²) >= 11 is 0. The van der Waals surface area contributed by atoms with Crippen LogP contribution < -0.4 is 14.5 Å². The van der Waals surface area contributed by atoms with Gasteiger partial charge in [0.2, 0.25) is 0 Å². The van der Waals surface area contributed by atoms with Gasteiger partial charge in [-0.25, -0.2) is 4.90 Å². The first kappa shape index (κ1) is 22.9. The summed E-state index contributed by atoms with van der Waals surface area (Å²) in [6, 6.07) is 15.0. The molecule has 1 saturated heterocycles. The van der Waals surface area contributed by atoms with Gasteiger partial charge >= 0.3 is 0 Å². The van der Waals surface area contributed by atoms with Crippen molar-refractivity contribution in [2.75, 3.05) is 37.0 Å². The molecule has 0 N–H and O–H groups in total. The molecule has 0 aliphatic carbocycles. The van der Waals surface area contributed by atoms with Crippen LogP contribution in [0, 0.1) is 5.92 Å². The number of carbonyl (C=O) groups excluding carboxylic acids is 2. The maximum absolute atomic E-state index is 13.7. The molecule has 0 saturated carbocycles. The van der Waals surface area contributed by atoms with E-state index in [1.54, 1.807) is 0 Å². The van der Waals surface area contributed by atoms with Gasteiger partial charge in [0.15, 0.2) is 0 Å². The molecule has 0 spiro atoms. The van der Waals surface area contributed by atoms with Crippen molar-refractivity contribution in [1.29, 1.82) is 0 Å². The number of piperidine rings is 1. The lowest BCUT2D eigenvalue weighted by atomic mass is 9.97. The molecular weight excluding hydrogens is 414 g/mol. The van der Waals surface area contributed by atoms with Gasteiger partial charge in [-0.05, 0) is 74.6 Å². The Bertz CT molecular complexity index is 1060. The van der Waals surface area contributed by atoms with Gasteiger partial charge in [0, 0.05) is 32.9 Å². The van der Waals surface area contributed by atoms with Gasteiger partial charge in [-0.2, -0.15) is 0 Å². The summed E-state index contributed by atoms with van der Waals surface area (Å²) in [4.78, 5) is 32.8. The third kappa shape index (κ3) is 4.61. The van der Waals surface area contributed by atoms with E-state index in [1.807, 2.05) is 81.4 Å². The first-order chi connectivity index (χ1) is 15.8. The second kappa shape index (κ2) is 9.30. The smallest absolute Gasteiger partial charge is 0.282 e. The second-order valence-electron chi connectivity index (χ2n) is 9.46. The lowest BCUT2D eigenvalue weighted by Crippen LogP contribution is -2.39. The van der Waals surface area contributed by atoms with Gasteiger partial charge in [-0.3, -0.25) is 9.59 Å². The Morgan fingerprint density at radius 1 is 0.970 bits per heavy atom. The van der Waals surface area contributed by atoms with Gasteiger partial charge in [0.25, 0.3) is 11.8 Å². The third-order valence-electron chi connectivity index (χ3n) is 6.17. The molecule has 0 bridgehead atoms. The Morgan fingerprint density at radius 3 is 2.21 bits per heavy atom. The Balaban J connectivity index is 1.74. The van der Waals surface area contributed by atoms with Crippen LogP contribution in [0.4, 0.5) is 11.4 Å². The molecule has 1 atom stereocenters. The molecule has 0 aromatic heterocycles. The van der Waals surface area contributed by atoms with Crippen LogP contribution in [-0.4, -0.2) is 50.0 Å². The molecule has 2 aromatic rings. The number of hydrogen-bond donors (Lipinski definition) is 0. The minimum absolute atomic E-state index is 0.0655. The van der Waals surface area contributed by atoms with Crippen LogP contribution in [0.2, 0.25) is 0 Å². The van der Waals surface area contributed by atoms with E-state index in [4.69, 9.17) is 4.74 Å². The normalized spacial score (nSPS) is 19.0. The Hall–Kier alpha value is -3.28. The molecule has 2 aliphatic rings. The fourth-order valence-corrected chi connectivity index (χ4v) is 4.57. The van der Waals surface area contributed by atoms with Crippen LogP contribution >= 0.6 is 0 Å². The quantitative estimate of drug-likeness (QED) is 0.608. The third-order valence-corrected chi connectivity index (χ3v) is 6.17. The molecule has 4 rings (SSSR count). The van der Waals surface area contributed by atoms with Gasteiger partial charge in [-0.15, -0.1) is 0 Å². The Labute approximate surface area is 196 Å². The predicted octanol–water partition coefficient (Wildman–Crippen LogP) is 4.56. The summed E-state index contributed by atoms with van der Waals surface area (Å²) in [5.41, 5.74) is 3.33. The molecule has 6 heteroatoms. The van der Waals surface area contributed by atoms with Crippen molar-refractivity contribution in [3.63, 3.8) is 0 Å². The van der Waals surface area contributed by atoms with Gasteiger partial charge in [0.1, 0.15) is 11.4 Å². The van der Waals surface area contributed by atoms with E-state index in [-0.39, 0.29) is 17.9 Å². The number of nitrogens with zero attached hydrogens (tertiary/aromatic N) is 3. The number of benzene rings is 2. The van der Waals surface area contributed by atoms with Gasteiger partial charge < -0.3 is 14.5 Å². The lowest BCUT2D eigenvalue weighted by Gasteiger charge is -2.33. The van der Waals surface area contributed by atoms with Crippen LogP contribution in [0.3, 0.4) is 0 Å². The first-order valence-corrected chi connectivity index (χ1v) is 11.7. The Kier molecular flexibility index (Phi) is 6.45. The summed E-state index contributed by atoms with van der Waals surface area (Å²) in [6.07, 6.45) is 2.21. The van der Waals surface area contributed by atoms with Crippen molar-refractivity contribution in [2.24, 2.45) is 5.92 Å². The van der Waals surface area contributed by atoms with Crippen molar-refractivity contribution in [3.8, 4) is 5.75 Å². The van der Waals surface area contributed by atoms with Crippen LogP contribution in [0.5, 0.6) is 5.75 Å². The predicted molar refractivity (Wildman–Crippen MR) is 132 cm³/mol. The SMILES string of the molecule is CC1CCCN(C2=C(c3ccc(OC(C)C)cc3)C(=O)N(c3ccc(N(C)C)cc3)C2=O)C1. The molecule has 174 valence electrons. The Morgan fingerprint density at radius 2 is 1.64 bits per heavy atom. The van der Waals surface area contributed by atoms with Crippen molar-refractivity contribution in [3.05, 3.63) is 59.8 Å². The molecular formula is C27H33N3O3. The molecule has 0 radical (unpaired) electrons. The zero-order chi connectivity index (χ0) is 23.7. The standard InChI is InChI=1S/C27H33N3O3/c1-18(2)33-23-14-8-20(9-15-23)24-25(29-16-6-7-19(3)17-29)27(32)30(26(24)31)22-12-10-21(11-13-22)28(4)5/h8-15,18-19H,6-7,16-17H2,1-5H3. The van der Waals surface area contributed by atoms with Crippen molar-refractivity contribution in [1.82, 2.24) is 4.90 Å². The summed E-state index contributed by atoms with van der Waals surface area (Å²) in [5, 5.41) is 0. The number of hydrogen-bond acceptors (Lipinski definition) is 5. The highest BCUT2D eigenvalue weighted by molar-refractivity contribution is 6.45. The molecule has 1 fully saturated rings. The number of likely N-dealkylation sites (tertiary alicyclic amines) is 1. The number of anilines is 2. The molecule has 6 nitrogen and oxygen atoms in total. The van der Waals surface area contributed by atoms with E-state index in [1.165, 1.54) is 4.90 Å². The van der Waals surface area contributed by atoms with Crippen molar-refractivity contribution < 1.29 is 14.3 Å².